The van der Waals surface area contributed by atoms with Crippen LogP contribution in [0.15, 0.2) is 182 Å². The van der Waals surface area contributed by atoms with Gasteiger partial charge in [-0.25, -0.2) is 0 Å². The van der Waals surface area contributed by atoms with Crippen molar-refractivity contribution in [2.75, 3.05) is 29.6 Å². The molecule has 7 aromatic carbocycles. The molecule has 1 aliphatic heterocycles. The largest absolute Gasteiger partial charge is 0.380 e. The van der Waals surface area contributed by atoms with Gasteiger partial charge in [0.15, 0.2) is 0 Å². The lowest BCUT2D eigenvalue weighted by atomic mass is 9.84. The SMILES string of the molecule is CCC1(COCc2ccc(N(c3ccc(C)cc3)c3ccc(-c4ccc(N(c5ccccc5)c5ccc(-c6ccccc6)cc5)cc4)cc3)cc2)COC1. The summed E-state index contributed by atoms with van der Waals surface area (Å²) in [7, 11) is 0. The molecule has 1 aliphatic rings. The third-order valence-electron chi connectivity index (χ3n) is 10.6. The highest BCUT2D eigenvalue weighted by molar-refractivity contribution is 5.81. The minimum absolute atomic E-state index is 0.189. The molecule has 0 unspecified atom stereocenters. The molecule has 54 heavy (non-hydrogen) atoms. The monoisotopic (exact) mass is 706 g/mol. The number of anilines is 6. The Labute approximate surface area is 319 Å². The van der Waals surface area contributed by atoms with Crippen molar-refractivity contribution in [3.05, 3.63) is 193 Å². The summed E-state index contributed by atoms with van der Waals surface area (Å²) in [6, 6.07) is 65.1. The van der Waals surface area contributed by atoms with E-state index in [0.29, 0.717) is 6.61 Å². The minimum Gasteiger partial charge on any atom is -0.380 e. The fourth-order valence-electron chi connectivity index (χ4n) is 7.11. The summed E-state index contributed by atoms with van der Waals surface area (Å²) in [6.07, 6.45) is 1.08. The fourth-order valence-corrected chi connectivity index (χ4v) is 7.11. The Morgan fingerprint density at radius 3 is 1.24 bits per heavy atom. The van der Waals surface area contributed by atoms with Gasteiger partial charge in [0.2, 0.25) is 0 Å². The number of benzene rings is 7. The molecule has 0 amide bonds. The molecule has 0 atom stereocenters. The van der Waals surface area contributed by atoms with Crippen LogP contribution in [0.1, 0.15) is 24.5 Å². The summed E-state index contributed by atoms with van der Waals surface area (Å²) in [5.41, 5.74) is 14.0. The molecule has 0 N–H and O–H groups in total. The van der Waals surface area contributed by atoms with Crippen molar-refractivity contribution in [1.29, 1.82) is 0 Å². The predicted molar refractivity (Wildman–Crippen MR) is 225 cm³/mol. The van der Waals surface area contributed by atoms with E-state index >= 15 is 0 Å². The number of nitrogens with zero attached hydrogens (tertiary/aromatic N) is 2. The molecule has 0 saturated carbocycles. The van der Waals surface area contributed by atoms with Crippen molar-refractivity contribution in [2.45, 2.75) is 26.9 Å². The molecule has 8 rings (SSSR count). The molecule has 268 valence electrons. The lowest BCUT2D eigenvalue weighted by Gasteiger charge is -2.40. The summed E-state index contributed by atoms with van der Waals surface area (Å²) in [5.74, 6) is 0. The molecule has 0 radical (unpaired) electrons. The highest BCUT2D eigenvalue weighted by atomic mass is 16.5. The summed E-state index contributed by atoms with van der Waals surface area (Å²) >= 11 is 0. The molecule has 1 saturated heterocycles. The predicted octanol–water partition coefficient (Wildman–Crippen LogP) is 13.2. The van der Waals surface area contributed by atoms with Crippen molar-refractivity contribution >= 4 is 34.1 Å². The second-order valence-corrected chi connectivity index (χ2v) is 14.4. The third kappa shape index (κ3) is 7.72. The fraction of sp³-hybridized carbons (Fsp3) is 0.160. The molecule has 4 heteroatoms. The van der Waals surface area contributed by atoms with E-state index in [1.54, 1.807) is 0 Å². The number of aryl methyl sites for hydroxylation is 1. The minimum atomic E-state index is 0.189. The lowest BCUT2D eigenvalue weighted by molar-refractivity contribution is -0.152. The Balaban J connectivity index is 1.02. The molecule has 0 spiro atoms. The van der Waals surface area contributed by atoms with Gasteiger partial charge in [0, 0.05) is 39.5 Å². The van der Waals surface area contributed by atoms with Crippen LogP contribution in [0.2, 0.25) is 0 Å². The van der Waals surface area contributed by atoms with E-state index in [9.17, 15) is 0 Å². The smallest absolute Gasteiger partial charge is 0.0717 e. The molecular weight excluding hydrogens is 661 g/mol. The zero-order valence-electron chi connectivity index (χ0n) is 31.1. The highest BCUT2D eigenvalue weighted by Crippen LogP contribution is 2.39. The number of hydrogen-bond acceptors (Lipinski definition) is 4. The topological polar surface area (TPSA) is 24.9 Å². The Hall–Kier alpha value is -5.94. The standard InChI is InChI=1S/C50H46N2O2/c1-3-50(36-54-37-50)35-53-34-39-16-26-46(27-17-39)52(45-24-14-38(2)15-25-45)49-32-22-43(23-33-49)42-20-30-48(31-21-42)51(44-12-8-5-9-13-44)47-28-18-41(19-29-47)40-10-6-4-7-11-40/h4-33H,3,34-37H2,1-2H3. The maximum atomic E-state index is 6.14. The Morgan fingerprint density at radius 2 is 0.833 bits per heavy atom. The first-order valence-electron chi connectivity index (χ1n) is 18.9. The van der Waals surface area contributed by atoms with Crippen molar-refractivity contribution in [2.24, 2.45) is 5.41 Å². The van der Waals surface area contributed by atoms with E-state index in [4.69, 9.17) is 9.47 Å². The summed E-state index contributed by atoms with van der Waals surface area (Å²) in [4.78, 5) is 4.62. The highest BCUT2D eigenvalue weighted by Gasteiger charge is 2.37. The van der Waals surface area contributed by atoms with E-state index < -0.39 is 0 Å². The number of para-hydroxylation sites is 1. The Morgan fingerprint density at radius 1 is 0.463 bits per heavy atom. The van der Waals surface area contributed by atoms with E-state index in [0.717, 1.165) is 60.4 Å². The molecule has 0 aromatic heterocycles. The van der Waals surface area contributed by atoms with Gasteiger partial charge in [-0.05, 0) is 114 Å². The summed E-state index contributed by atoms with van der Waals surface area (Å²) in [6.45, 7) is 7.29. The van der Waals surface area contributed by atoms with Crippen LogP contribution in [-0.2, 0) is 16.1 Å². The number of rotatable bonds is 13. The third-order valence-corrected chi connectivity index (χ3v) is 10.6. The van der Waals surface area contributed by atoms with Crippen LogP contribution in [0.25, 0.3) is 22.3 Å². The molecule has 4 nitrogen and oxygen atoms in total. The van der Waals surface area contributed by atoms with Crippen LogP contribution in [0.5, 0.6) is 0 Å². The van der Waals surface area contributed by atoms with E-state index in [2.05, 4.69) is 206 Å². The van der Waals surface area contributed by atoms with Crippen LogP contribution in [0.3, 0.4) is 0 Å². The molecular formula is C50H46N2O2. The first-order chi connectivity index (χ1) is 26.6. The lowest BCUT2D eigenvalue weighted by Crippen LogP contribution is -2.45. The number of ether oxygens (including phenoxy) is 2. The van der Waals surface area contributed by atoms with E-state index in [-0.39, 0.29) is 5.41 Å². The summed E-state index contributed by atoms with van der Waals surface area (Å²) in [5, 5.41) is 0. The van der Waals surface area contributed by atoms with Gasteiger partial charge >= 0.3 is 0 Å². The second kappa shape index (κ2) is 16.0. The molecule has 7 aromatic rings. The van der Waals surface area contributed by atoms with Crippen molar-refractivity contribution < 1.29 is 9.47 Å². The molecule has 0 bridgehead atoms. The van der Waals surface area contributed by atoms with Crippen molar-refractivity contribution in [1.82, 2.24) is 0 Å². The quantitative estimate of drug-likeness (QED) is 0.119. The van der Waals surface area contributed by atoms with Gasteiger partial charge in [-0.1, -0.05) is 122 Å². The average molecular weight is 707 g/mol. The van der Waals surface area contributed by atoms with Gasteiger partial charge in [-0.2, -0.15) is 0 Å². The first-order valence-corrected chi connectivity index (χ1v) is 18.9. The van der Waals surface area contributed by atoms with Crippen molar-refractivity contribution in [3.63, 3.8) is 0 Å². The van der Waals surface area contributed by atoms with Gasteiger partial charge in [0.05, 0.1) is 26.4 Å². The van der Waals surface area contributed by atoms with Gasteiger partial charge in [-0.15, -0.1) is 0 Å². The molecule has 0 aliphatic carbocycles. The number of hydrogen-bond donors (Lipinski definition) is 0. The van der Waals surface area contributed by atoms with Gasteiger partial charge < -0.3 is 19.3 Å². The Bertz CT molecular complexity index is 2220. The van der Waals surface area contributed by atoms with Gasteiger partial charge in [-0.3, -0.25) is 0 Å². The zero-order valence-corrected chi connectivity index (χ0v) is 31.1. The Kier molecular flexibility index (Phi) is 10.4. The molecule has 1 heterocycles. The normalized spacial score (nSPS) is 13.2. The second-order valence-electron chi connectivity index (χ2n) is 14.4. The summed E-state index contributed by atoms with van der Waals surface area (Å²) < 4.78 is 11.6. The van der Waals surface area contributed by atoms with Crippen LogP contribution in [-0.4, -0.2) is 19.8 Å². The first kappa shape index (κ1) is 35.1. The average Bonchev–Trinajstić information content (AvgIpc) is 3.22. The van der Waals surface area contributed by atoms with Crippen LogP contribution in [0.4, 0.5) is 34.1 Å². The van der Waals surface area contributed by atoms with E-state index in [1.807, 2.05) is 0 Å². The zero-order chi connectivity index (χ0) is 36.7. The molecule has 1 fully saturated rings. The van der Waals surface area contributed by atoms with Crippen LogP contribution >= 0.6 is 0 Å². The van der Waals surface area contributed by atoms with Gasteiger partial charge in [0.1, 0.15) is 0 Å². The van der Waals surface area contributed by atoms with Crippen LogP contribution < -0.4 is 9.80 Å². The maximum absolute atomic E-state index is 6.14. The van der Waals surface area contributed by atoms with Gasteiger partial charge in [0.25, 0.3) is 0 Å². The maximum Gasteiger partial charge on any atom is 0.0717 e. The van der Waals surface area contributed by atoms with E-state index in [1.165, 1.54) is 33.4 Å². The van der Waals surface area contributed by atoms with Crippen molar-refractivity contribution in [3.8, 4) is 22.3 Å². The van der Waals surface area contributed by atoms with Crippen LogP contribution in [0, 0.1) is 12.3 Å².